The highest BCUT2D eigenvalue weighted by atomic mass is 16.5. The highest BCUT2D eigenvalue weighted by Crippen LogP contribution is 2.10. The van der Waals surface area contributed by atoms with Gasteiger partial charge in [0, 0.05) is 25.5 Å². The molecule has 0 aromatic carbocycles. The Labute approximate surface area is 90.9 Å². The van der Waals surface area contributed by atoms with Gasteiger partial charge in [-0.25, -0.2) is 5.32 Å². The smallest absolute Gasteiger partial charge is 0.0718 e. The second kappa shape index (κ2) is 5.83. The second-order valence-corrected chi connectivity index (χ2v) is 3.78. The van der Waals surface area contributed by atoms with Crippen LogP contribution in [0.3, 0.4) is 0 Å². The summed E-state index contributed by atoms with van der Waals surface area (Å²) in [5.41, 5.74) is 1.18. The summed E-state index contributed by atoms with van der Waals surface area (Å²) >= 11 is 0. The zero-order valence-electron chi connectivity index (χ0n) is 8.80. The Morgan fingerprint density at radius 2 is 2.20 bits per heavy atom. The van der Waals surface area contributed by atoms with Crippen molar-refractivity contribution in [3.05, 3.63) is 36.5 Å². The Bertz CT molecular complexity index is 270. The lowest BCUT2D eigenvalue weighted by Gasteiger charge is -2.20. The molecule has 0 spiro atoms. The minimum Gasteiger partial charge on any atom is -0.376 e. The fraction of sp³-hybridized carbons (Fsp3) is 0.500. The van der Waals surface area contributed by atoms with Crippen molar-refractivity contribution in [2.75, 3.05) is 19.7 Å². The van der Waals surface area contributed by atoms with Gasteiger partial charge in [-0.2, -0.15) is 0 Å². The summed E-state index contributed by atoms with van der Waals surface area (Å²) < 4.78 is 5.64. The van der Waals surface area contributed by atoms with E-state index in [9.17, 15) is 0 Å². The van der Waals surface area contributed by atoms with Crippen LogP contribution >= 0.6 is 0 Å². The third-order valence-corrected chi connectivity index (χ3v) is 2.50. The molecule has 2 heterocycles. The molecule has 80 valence electrons. The number of nitrogens with zero attached hydrogens (tertiary/aromatic N) is 2. The Morgan fingerprint density at radius 1 is 1.33 bits per heavy atom. The average Bonchev–Trinajstić information content (AvgIpc) is 2.32. The topological polar surface area (TPSA) is 36.2 Å². The molecule has 1 atom stereocenters. The van der Waals surface area contributed by atoms with Crippen molar-refractivity contribution in [3.8, 4) is 0 Å². The molecule has 2 radical (unpaired) electrons. The molecule has 0 aliphatic carbocycles. The van der Waals surface area contributed by atoms with Gasteiger partial charge in [-0.3, -0.25) is 4.98 Å². The van der Waals surface area contributed by atoms with Crippen molar-refractivity contribution in [3.63, 3.8) is 0 Å². The third-order valence-electron chi connectivity index (χ3n) is 2.50. The number of piperidine rings is 1. The number of rotatable bonds is 4. The lowest BCUT2D eigenvalue weighted by atomic mass is 10.0. The molecule has 0 saturated carbocycles. The third kappa shape index (κ3) is 3.61. The van der Waals surface area contributed by atoms with Gasteiger partial charge in [0.2, 0.25) is 0 Å². The van der Waals surface area contributed by atoms with E-state index in [0.29, 0.717) is 12.5 Å². The fourth-order valence-corrected chi connectivity index (χ4v) is 1.66. The van der Waals surface area contributed by atoms with Gasteiger partial charge in [0.05, 0.1) is 13.2 Å². The van der Waals surface area contributed by atoms with E-state index in [4.69, 9.17) is 4.74 Å². The van der Waals surface area contributed by atoms with Crippen molar-refractivity contribution in [1.82, 2.24) is 10.3 Å². The van der Waals surface area contributed by atoms with Gasteiger partial charge in [0.25, 0.3) is 0 Å². The molecule has 1 aliphatic heterocycles. The summed E-state index contributed by atoms with van der Waals surface area (Å²) in [6.07, 6.45) is 7.00. The number of pyridine rings is 1. The van der Waals surface area contributed by atoms with Crippen LogP contribution in [0.25, 0.3) is 0 Å². The van der Waals surface area contributed by atoms with Gasteiger partial charge < -0.3 is 4.74 Å². The zero-order valence-corrected chi connectivity index (χ0v) is 8.80. The predicted molar refractivity (Wildman–Crippen MR) is 58.2 cm³/mol. The largest absolute Gasteiger partial charge is 0.376 e. The Hall–Kier alpha value is -0.930. The summed E-state index contributed by atoms with van der Waals surface area (Å²) in [6, 6.07) is 3.96. The Kier molecular flexibility index (Phi) is 4.11. The van der Waals surface area contributed by atoms with Gasteiger partial charge in [0.15, 0.2) is 0 Å². The van der Waals surface area contributed by atoms with E-state index in [1.165, 1.54) is 5.56 Å². The molecule has 3 heteroatoms. The van der Waals surface area contributed by atoms with Gasteiger partial charge in [-0.05, 0) is 36.5 Å². The summed E-state index contributed by atoms with van der Waals surface area (Å²) in [5, 5.41) is 4.36. The zero-order chi connectivity index (χ0) is 10.3. The van der Waals surface area contributed by atoms with E-state index in [1.807, 2.05) is 12.1 Å². The number of ether oxygens (including phenoxy) is 1. The van der Waals surface area contributed by atoms with Crippen LogP contribution in [0.4, 0.5) is 0 Å². The molecular weight excluding hydrogens is 188 g/mol. The first kappa shape index (κ1) is 10.6. The van der Waals surface area contributed by atoms with Crippen molar-refractivity contribution in [2.24, 2.45) is 5.92 Å². The lowest BCUT2D eigenvalue weighted by Crippen LogP contribution is -2.28. The standard InChI is InChI=1S/C12H16N2O/c1-2-12(8-14-5-1)10-15-9-11-3-6-13-7-4-11/h2-4,6-7,12H,1,5,8-10H2. The fourth-order valence-electron chi connectivity index (χ4n) is 1.66. The molecule has 1 fully saturated rings. The highest BCUT2D eigenvalue weighted by Gasteiger charge is 2.13. The molecule has 0 amide bonds. The molecule has 15 heavy (non-hydrogen) atoms. The normalized spacial score (nSPS) is 21.5. The van der Waals surface area contributed by atoms with E-state index in [1.54, 1.807) is 12.4 Å². The number of hydrogen-bond donors (Lipinski definition) is 0. The van der Waals surface area contributed by atoms with Crippen molar-refractivity contribution >= 4 is 0 Å². The van der Waals surface area contributed by atoms with E-state index >= 15 is 0 Å². The molecule has 2 rings (SSSR count). The molecule has 1 aromatic rings. The molecule has 1 saturated heterocycles. The van der Waals surface area contributed by atoms with Crippen LogP contribution in [0.1, 0.15) is 12.0 Å². The van der Waals surface area contributed by atoms with Crippen LogP contribution in [0, 0.1) is 12.3 Å². The van der Waals surface area contributed by atoms with E-state index in [2.05, 4.69) is 16.7 Å². The maximum atomic E-state index is 5.64. The minimum absolute atomic E-state index is 0.514. The van der Waals surface area contributed by atoms with Crippen molar-refractivity contribution in [1.29, 1.82) is 0 Å². The molecule has 1 unspecified atom stereocenters. The Balaban J connectivity index is 1.66. The van der Waals surface area contributed by atoms with Crippen LogP contribution in [-0.2, 0) is 11.3 Å². The van der Waals surface area contributed by atoms with Crippen LogP contribution in [-0.4, -0.2) is 24.7 Å². The van der Waals surface area contributed by atoms with Crippen molar-refractivity contribution in [2.45, 2.75) is 13.0 Å². The first-order valence-electron chi connectivity index (χ1n) is 5.38. The van der Waals surface area contributed by atoms with Gasteiger partial charge in [-0.15, -0.1) is 0 Å². The highest BCUT2D eigenvalue weighted by molar-refractivity contribution is 5.07. The summed E-state index contributed by atoms with van der Waals surface area (Å²) in [4.78, 5) is 3.97. The summed E-state index contributed by atoms with van der Waals surface area (Å²) in [7, 11) is 0. The quantitative estimate of drug-likeness (QED) is 0.743. The number of aromatic nitrogens is 1. The molecule has 0 N–H and O–H groups in total. The summed E-state index contributed by atoms with van der Waals surface area (Å²) in [6.45, 7) is 3.37. The van der Waals surface area contributed by atoms with E-state index < -0.39 is 0 Å². The maximum absolute atomic E-state index is 5.64. The predicted octanol–water partition coefficient (Wildman–Crippen LogP) is 1.43. The summed E-state index contributed by atoms with van der Waals surface area (Å²) in [5.74, 6) is 0.514. The molecule has 1 aliphatic rings. The van der Waals surface area contributed by atoms with Gasteiger partial charge in [0.1, 0.15) is 0 Å². The first-order chi connectivity index (χ1) is 7.45. The average molecular weight is 204 g/mol. The van der Waals surface area contributed by atoms with Gasteiger partial charge >= 0.3 is 0 Å². The molecule has 1 aromatic heterocycles. The number of hydrogen-bond acceptors (Lipinski definition) is 2. The second-order valence-electron chi connectivity index (χ2n) is 3.78. The van der Waals surface area contributed by atoms with E-state index in [-0.39, 0.29) is 0 Å². The van der Waals surface area contributed by atoms with Crippen LogP contribution in [0.2, 0.25) is 0 Å². The monoisotopic (exact) mass is 204 g/mol. The molecule has 3 nitrogen and oxygen atoms in total. The SMILES string of the molecule is [CH]1CC[N]CC1COCc1ccncc1. The minimum atomic E-state index is 0.514. The Morgan fingerprint density at radius 3 is 2.93 bits per heavy atom. The molecule has 0 bridgehead atoms. The molecular formula is C12H16N2O. The first-order valence-corrected chi connectivity index (χ1v) is 5.38. The van der Waals surface area contributed by atoms with Gasteiger partial charge in [-0.1, -0.05) is 0 Å². The lowest BCUT2D eigenvalue weighted by molar-refractivity contribution is 0.0910. The van der Waals surface area contributed by atoms with Crippen molar-refractivity contribution < 1.29 is 4.74 Å². The van der Waals surface area contributed by atoms with Crippen LogP contribution in [0.15, 0.2) is 24.5 Å². The van der Waals surface area contributed by atoms with E-state index in [0.717, 1.165) is 26.1 Å². The van der Waals surface area contributed by atoms with Crippen LogP contribution < -0.4 is 5.32 Å². The maximum Gasteiger partial charge on any atom is 0.0718 e. The van der Waals surface area contributed by atoms with Crippen LogP contribution in [0.5, 0.6) is 0 Å².